The molecule has 1 amide bonds. The molecule has 0 radical (unpaired) electrons. The number of likely N-dealkylation sites (tertiary alicyclic amines) is 1. The molecule has 2 atom stereocenters. The number of para-hydroxylation sites is 2. The molecular weight excluding hydrogens is 586 g/mol. The molecule has 9 nitrogen and oxygen atoms in total. The van der Waals surface area contributed by atoms with Crippen molar-refractivity contribution in [2.24, 2.45) is 0 Å². The van der Waals surface area contributed by atoms with Crippen LogP contribution in [0.1, 0.15) is 56.2 Å². The zero-order valence-electron chi connectivity index (χ0n) is 27.6. The second-order valence-corrected chi connectivity index (χ2v) is 12.3. The number of carbonyl (C=O) groups excluding carboxylic acids is 1. The van der Waals surface area contributed by atoms with Crippen LogP contribution in [0, 0.1) is 0 Å². The summed E-state index contributed by atoms with van der Waals surface area (Å²) in [5.74, 6) is 2.47. The van der Waals surface area contributed by atoms with Crippen LogP contribution >= 0.6 is 0 Å². The number of aliphatic hydroxyl groups is 1. The summed E-state index contributed by atoms with van der Waals surface area (Å²) in [6, 6.07) is 23.7. The van der Waals surface area contributed by atoms with Gasteiger partial charge in [0.15, 0.2) is 0 Å². The van der Waals surface area contributed by atoms with Gasteiger partial charge in [0.25, 0.3) is 0 Å². The van der Waals surface area contributed by atoms with E-state index in [4.69, 9.17) is 28.4 Å². The first-order chi connectivity index (χ1) is 22.3. The SMILES string of the molecule is COc1ccccc1COCCCOc1ccc(C2CCN(C(=O)OC(C)(C)C)CC2OCCOc2ccccc2CCO)cc1. The lowest BCUT2D eigenvalue weighted by molar-refractivity contribution is -0.0358. The van der Waals surface area contributed by atoms with Crippen LogP contribution in [0.15, 0.2) is 72.8 Å². The highest BCUT2D eigenvalue weighted by Crippen LogP contribution is 2.32. The number of piperidine rings is 1. The van der Waals surface area contributed by atoms with Crippen molar-refractivity contribution in [2.75, 3.05) is 53.2 Å². The number of benzene rings is 3. The number of hydrogen-bond donors (Lipinski definition) is 1. The van der Waals surface area contributed by atoms with E-state index in [0.717, 1.165) is 46.8 Å². The van der Waals surface area contributed by atoms with E-state index in [2.05, 4.69) is 12.1 Å². The van der Waals surface area contributed by atoms with Crippen LogP contribution in [0.25, 0.3) is 0 Å². The lowest BCUT2D eigenvalue weighted by atomic mass is 9.87. The van der Waals surface area contributed by atoms with Crippen LogP contribution in [0.5, 0.6) is 17.2 Å². The topological polar surface area (TPSA) is 95.9 Å². The Bertz CT molecular complexity index is 1340. The maximum Gasteiger partial charge on any atom is 0.410 e. The predicted molar refractivity (Wildman–Crippen MR) is 177 cm³/mol. The highest BCUT2D eigenvalue weighted by atomic mass is 16.6. The van der Waals surface area contributed by atoms with Gasteiger partial charge in [0, 0.05) is 31.1 Å². The van der Waals surface area contributed by atoms with E-state index in [1.807, 2.05) is 81.4 Å². The number of methoxy groups -OCH3 is 1. The van der Waals surface area contributed by atoms with Crippen LogP contribution in [-0.2, 0) is 27.2 Å². The first-order valence-electron chi connectivity index (χ1n) is 16.1. The van der Waals surface area contributed by atoms with Crippen molar-refractivity contribution >= 4 is 6.09 Å². The molecule has 0 spiro atoms. The van der Waals surface area contributed by atoms with Crippen LogP contribution in [0.4, 0.5) is 4.79 Å². The summed E-state index contributed by atoms with van der Waals surface area (Å²) >= 11 is 0. The molecular formula is C37H49NO8. The van der Waals surface area contributed by atoms with E-state index in [1.54, 1.807) is 12.0 Å². The molecule has 3 aromatic rings. The van der Waals surface area contributed by atoms with Crippen molar-refractivity contribution in [3.63, 3.8) is 0 Å². The quantitative estimate of drug-likeness (QED) is 0.181. The molecule has 2 unspecified atom stereocenters. The fourth-order valence-electron chi connectivity index (χ4n) is 5.45. The molecule has 0 aromatic heterocycles. The third kappa shape index (κ3) is 10.9. The first kappa shape index (κ1) is 35.1. The van der Waals surface area contributed by atoms with Crippen molar-refractivity contribution in [2.45, 2.75) is 64.3 Å². The molecule has 0 aliphatic carbocycles. The molecule has 1 N–H and O–H groups in total. The standard InChI is InChI=1S/C37H49NO8/c1-37(2,3)46-36(40)38-20-18-32(35(26-38)45-25-24-44-34-13-8-5-10-29(34)19-21-39)28-14-16-31(17-15-28)43-23-9-22-42-27-30-11-6-7-12-33(30)41-4/h5-8,10-17,32,35,39H,9,18-27H2,1-4H3. The lowest BCUT2D eigenvalue weighted by Gasteiger charge is -2.39. The van der Waals surface area contributed by atoms with Crippen LogP contribution in [-0.4, -0.2) is 81.0 Å². The number of amides is 1. The van der Waals surface area contributed by atoms with E-state index in [0.29, 0.717) is 52.5 Å². The molecule has 0 saturated carbocycles. The molecule has 46 heavy (non-hydrogen) atoms. The lowest BCUT2D eigenvalue weighted by Crippen LogP contribution is -2.48. The molecule has 1 heterocycles. The molecule has 3 aromatic carbocycles. The Labute approximate surface area is 273 Å². The van der Waals surface area contributed by atoms with E-state index in [9.17, 15) is 9.90 Å². The summed E-state index contributed by atoms with van der Waals surface area (Å²) in [4.78, 5) is 14.6. The minimum absolute atomic E-state index is 0.0597. The maximum atomic E-state index is 12.9. The number of nitrogens with zero attached hydrogens (tertiary/aromatic N) is 1. The minimum Gasteiger partial charge on any atom is -0.496 e. The second-order valence-electron chi connectivity index (χ2n) is 12.3. The third-order valence-corrected chi connectivity index (χ3v) is 7.70. The number of rotatable bonds is 16. The molecule has 1 fully saturated rings. The normalized spacial score (nSPS) is 16.6. The molecule has 9 heteroatoms. The average Bonchev–Trinajstić information content (AvgIpc) is 3.05. The smallest absolute Gasteiger partial charge is 0.410 e. The highest BCUT2D eigenvalue weighted by molar-refractivity contribution is 5.68. The highest BCUT2D eigenvalue weighted by Gasteiger charge is 2.35. The van der Waals surface area contributed by atoms with Crippen molar-refractivity contribution < 1.29 is 38.3 Å². The van der Waals surface area contributed by atoms with Crippen LogP contribution < -0.4 is 14.2 Å². The Morgan fingerprint density at radius 2 is 1.59 bits per heavy atom. The van der Waals surface area contributed by atoms with E-state index < -0.39 is 5.60 Å². The summed E-state index contributed by atoms with van der Waals surface area (Å²) in [5, 5.41) is 9.37. The largest absolute Gasteiger partial charge is 0.496 e. The van der Waals surface area contributed by atoms with Gasteiger partial charge in [0.1, 0.15) is 29.5 Å². The van der Waals surface area contributed by atoms with Gasteiger partial charge in [0.2, 0.25) is 0 Å². The van der Waals surface area contributed by atoms with Crippen LogP contribution in [0.2, 0.25) is 0 Å². The van der Waals surface area contributed by atoms with Gasteiger partial charge in [-0.25, -0.2) is 4.79 Å². The van der Waals surface area contributed by atoms with Crippen LogP contribution in [0.3, 0.4) is 0 Å². The summed E-state index contributed by atoms with van der Waals surface area (Å²) in [5.41, 5.74) is 2.55. The molecule has 4 rings (SSSR count). The summed E-state index contributed by atoms with van der Waals surface area (Å²) in [7, 11) is 1.66. The van der Waals surface area contributed by atoms with Gasteiger partial charge >= 0.3 is 6.09 Å². The summed E-state index contributed by atoms with van der Waals surface area (Å²) in [6.45, 7) is 9.02. The molecule has 1 saturated heterocycles. The zero-order chi connectivity index (χ0) is 32.8. The van der Waals surface area contributed by atoms with Crippen molar-refractivity contribution in [3.8, 4) is 17.2 Å². The maximum absolute atomic E-state index is 12.9. The predicted octanol–water partition coefficient (Wildman–Crippen LogP) is 6.40. The van der Waals surface area contributed by atoms with Crippen molar-refractivity contribution in [1.82, 2.24) is 4.90 Å². The monoisotopic (exact) mass is 635 g/mol. The molecule has 250 valence electrons. The molecule has 0 bridgehead atoms. The van der Waals surface area contributed by atoms with E-state index >= 15 is 0 Å². The van der Waals surface area contributed by atoms with E-state index in [-0.39, 0.29) is 24.7 Å². The van der Waals surface area contributed by atoms with E-state index in [1.165, 1.54) is 0 Å². The van der Waals surface area contributed by atoms with Crippen molar-refractivity contribution in [1.29, 1.82) is 0 Å². The Hall–Kier alpha value is -3.79. The minimum atomic E-state index is -0.572. The van der Waals surface area contributed by atoms with Gasteiger partial charge in [-0.2, -0.15) is 0 Å². The number of aliphatic hydroxyl groups excluding tert-OH is 1. The number of hydrogen-bond acceptors (Lipinski definition) is 8. The van der Waals surface area contributed by atoms with Gasteiger partial charge in [-0.05, 0) is 69.0 Å². The average molecular weight is 636 g/mol. The van der Waals surface area contributed by atoms with Gasteiger partial charge in [-0.1, -0.05) is 48.5 Å². The summed E-state index contributed by atoms with van der Waals surface area (Å²) in [6.07, 6.45) is 1.48. The Morgan fingerprint density at radius 1 is 0.870 bits per heavy atom. The fourth-order valence-corrected chi connectivity index (χ4v) is 5.45. The zero-order valence-corrected chi connectivity index (χ0v) is 27.6. The number of carbonyl (C=O) groups is 1. The van der Waals surface area contributed by atoms with Gasteiger partial charge in [0.05, 0.1) is 46.2 Å². The van der Waals surface area contributed by atoms with Gasteiger partial charge in [-0.15, -0.1) is 0 Å². The fraction of sp³-hybridized carbons (Fsp3) is 0.486. The first-order valence-corrected chi connectivity index (χ1v) is 16.1. The van der Waals surface area contributed by atoms with Crippen molar-refractivity contribution in [3.05, 3.63) is 89.5 Å². The number of ether oxygens (including phenoxy) is 6. The third-order valence-electron chi connectivity index (χ3n) is 7.70. The molecule has 1 aliphatic heterocycles. The van der Waals surface area contributed by atoms with Gasteiger partial charge < -0.3 is 38.4 Å². The second kappa shape index (κ2) is 17.8. The Balaban J connectivity index is 1.29. The Morgan fingerprint density at radius 3 is 2.30 bits per heavy atom. The van der Waals surface area contributed by atoms with Gasteiger partial charge in [-0.3, -0.25) is 0 Å². The Kier molecular flexibility index (Phi) is 13.6. The molecule has 1 aliphatic rings. The summed E-state index contributed by atoms with van der Waals surface area (Å²) < 4.78 is 35.2.